The van der Waals surface area contributed by atoms with Gasteiger partial charge < -0.3 is 77.5 Å². The van der Waals surface area contributed by atoms with Gasteiger partial charge in [-0.15, -0.1) is 0 Å². The van der Waals surface area contributed by atoms with E-state index in [0.717, 1.165) is 0 Å². The number of nitrogens with zero attached hydrogens (tertiary/aromatic N) is 3. The first-order valence-electron chi connectivity index (χ1n) is 24.1. The number of hydrogen-bond donors (Lipinski definition) is 9. The van der Waals surface area contributed by atoms with Crippen LogP contribution in [-0.4, -0.2) is 178 Å². The van der Waals surface area contributed by atoms with E-state index in [1.54, 1.807) is 27.7 Å². The minimum atomic E-state index is -0.990. The molecule has 0 aliphatic heterocycles. The van der Waals surface area contributed by atoms with Gasteiger partial charge in [-0.25, -0.2) is 4.79 Å². The summed E-state index contributed by atoms with van der Waals surface area (Å²) in [4.78, 5) is 90.4. The quantitative estimate of drug-likeness (QED) is 0.0165. The molecule has 12 N–H and O–H groups in total. The van der Waals surface area contributed by atoms with E-state index < -0.39 is 47.9 Å². The molecule has 0 radical (unpaired) electrons. The molecular formula is C44H84N12O13. The number of amides is 7. The maximum atomic E-state index is 13.5. The van der Waals surface area contributed by atoms with E-state index in [9.17, 15) is 33.6 Å². The lowest BCUT2D eigenvalue weighted by Crippen LogP contribution is -2.57. The molecule has 25 heteroatoms. The number of ether oxygens (including phenoxy) is 6. The lowest BCUT2D eigenvalue weighted by Gasteiger charge is -2.28. The van der Waals surface area contributed by atoms with Crippen molar-refractivity contribution in [2.75, 3.05) is 112 Å². The zero-order valence-electron chi connectivity index (χ0n) is 41.4. The molecule has 4 atom stereocenters. The van der Waals surface area contributed by atoms with Crippen LogP contribution in [0.1, 0.15) is 91.9 Å². The Morgan fingerprint density at radius 2 is 1.07 bits per heavy atom. The van der Waals surface area contributed by atoms with Crippen LogP contribution in [-0.2, 0) is 57.2 Å². The summed E-state index contributed by atoms with van der Waals surface area (Å²) in [6, 6.07) is -4.06. The molecule has 0 heterocycles. The normalized spacial score (nSPS) is 12.9. The fourth-order valence-electron chi connectivity index (χ4n) is 6.15. The van der Waals surface area contributed by atoms with Crippen molar-refractivity contribution in [2.45, 2.75) is 116 Å². The highest BCUT2D eigenvalue weighted by molar-refractivity contribution is 5.95. The van der Waals surface area contributed by atoms with E-state index in [4.69, 9.17) is 51.2 Å². The van der Waals surface area contributed by atoms with Crippen LogP contribution in [0.4, 0.5) is 4.79 Å². The van der Waals surface area contributed by atoms with Crippen LogP contribution in [0.15, 0.2) is 5.11 Å². The third-order valence-electron chi connectivity index (χ3n) is 10.0. The number of azide groups is 1. The Hall–Kier alpha value is -4.72. The van der Waals surface area contributed by atoms with E-state index in [0.29, 0.717) is 124 Å². The van der Waals surface area contributed by atoms with Gasteiger partial charge in [-0.1, -0.05) is 39.2 Å². The van der Waals surface area contributed by atoms with Crippen LogP contribution in [0.2, 0.25) is 0 Å². The third kappa shape index (κ3) is 36.9. The second-order valence-electron chi connectivity index (χ2n) is 16.6. The van der Waals surface area contributed by atoms with E-state index in [1.165, 1.54) is 0 Å². The minimum Gasteiger partial charge on any atom is -0.379 e. The van der Waals surface area contributed by atoms with Gasteiger partial charge in [-0.05, 0) is 62.9 Å². The summed E-state index contributed by atoms with van der Waals surface area (Å²) >= 11 is 0. The molecule has 0 aromatic heterocycles. The molecule has 25 nitrogen and oxygen atoms in total. The van der Waals surface area contributed by atoms with Gasteiger partial charge in [0.15, 0.2) is 5.78 Å². The number of nitrogens with two attached hydrogens (primary N) is 3. The molecule has 0 bridgehead atoms. The molecule has 0 rings (SSSR count). The van der Waals surface area contributed by atoms with Gasteiger partial charge in [0.05, 0.1) is 91.4 Å². The van der Waals surface area contributed by atoms with Crippen molar-refractivity contribution >= 4 is 41.4 Å². The van der Waals surface area contributed by atoms with Crippen molar-refractivity contribution in [3.63, 3.8) is 0 Å². The zero-order chi connectivity index (χ0) is 51.5. The molecule has 398 valence electrons. The Bertz CT molecular complexity index is 1490. The van der Waals surface area contributed by atoms with Crippen molar-refractivity contribution in [2.24, 2.45) is 34.2 Å². The number of carbonyl (C=O) groups excluding carboxylic acids is 7. The molecule has 7 amide bonds. The molecule has 69 heavy (non-hydrogen) atoms. The number of nitrogens with one attached hydrogen (secondary N) is 6. The summed E-state index contributed by atoms with van der Waals surface area (Å²) in [5, 5.41) is 19.7. The fraction of sp³-hybridized carbons (Fsp3) is 0.841. The average molecular weight is 989 g/mol. The molecule has 0 saturated heterocycles. The first-order valence-corrected chi connectivity index (χ1v) is 24.1. The Labute approximate surface area is 407 Å². The van der Waals surface area contributed by atoms with Crippen molar-refractivity contribution in [1.82, 2.24) is 31.9 Å². The number of Topliss-reactive ketones (excluding diaryl/α,β-unsaturated/α-hetero) is 1. The summed E-state index contributed by atoms with van der Waals surface area (Å²) in [5.74, 6) is -2.80. The molecule has 0 spiro atoms. The maximum Gasteiger partial charge on any atom is 0.312 e. The lowest BCUT2D eigenvalue weighted by molar-refractivity contribution is -0.135. The zero-order valence-corrected chi connectivity index (χ0v) is 41.4. The molecule has 0 aromatic carbocycles. The molecule has 4 unspecified atom stereocenters. The number of hydrogen-bond acceptors (Lipinski definition) is 16. The Kier molecular flexibility index (Phi) is 40.3. The summed E-state index contributed by atoms with van der Waals surface area (Å²) in [6.07, 6.45) is 4.21. The summed E-state index contributed by atoms with van der Waals surface area (Å²) in [7, 11) is 0. The topological polar surface area (TPSA) is 374 Å². The standard InChI is InChI=1S/C44H84N12O13/c1-32(2)39(43(62)54-35(40(59)33(3)4)12-9-16-51-44(47)63)55-42(61)36(11-5-7-15-45)53-38(58)14-21-65-25-29-69-30-26-66-22-18-49-37(57)13-20-64-24-28-68-31-27-67-23-19-50-41(60)34(46)10-6-8-17-52-56-48/h32-36,39H,5-31,45-46H2,1-4H3,(H,49,57)(H,50,60)(H,53,58)(H,54,62)(H,55,61)(H3,47,51,63). The van der Waals surface area contributed by atoms with Crippen LogP contribution in [0, 0.1) is 11.8 Å². The van der Waals surface area contributed by atoms with Crippen molar-refractivity contribution in [3.8, 4) is 0 Å². The summed E-state index contributed by atoms with van der Waals surface area (Å²) in [5.41, 5.74) is 24.9. The van der Waals surface area contributed by atoms with Gasteiger partial charge >= 0.3 is 6.03 Å². The summed E-state index contributed by atoms with van der Waals surface area (Å²) in [6.45, 7) is 12.1. The first-order chi connectivity index (χ1) is 33.1. The molecular weight excluding hydrogens is 905 g/mol. The third-order valence-corrected chi connectivity index (χ3v) is 10.0. The predicted molar refractivity (Wildman–Crippen MR) is 256 cm³/mol. The van der Waals surface area contributed by atoms with Gasteiger partial charge in [0.2, 0.25) is 29.5 Å². The van der Waals surface area contributed by atoms with Crippen LogP contribution in [0.25, 0.3) is 10.4 Å². The molecule has 0 fully saturated rings. The fourth-order valence-corrected chi connectivity index (χ4v) is 6.15. The maximum absolute atomic E-state index is 13.5. The lowest BCUT2D eigenvalue weighted by atomic mass is 9.96. The van der Waals surface area contributed by atoms with Gasteiger partial charge in [0, 0.05) is 49.9 Å². The van der Waals surface area contributed by atoms with Crippen LogP contribution < -0.4 is 49.1 Å². The van der Waals surface area contributed by atoms with E-state index in [1.807, 2.05) is 0 Å². The Balaban J connectivity index is 4.18. The van der Waals surface area contributed by atoms with Gasteiger partial charge in [-0.3, -0.25) is 28.8 Å². The van der Waals surface area contributed by atoms with Crippen molar-refractivity contribution in [3.05, 3.63) is 10.4 Å². The van der Waals surface area contributed by atoms with E-state index in [2.05, 4.69) is 41.9 Å². The number of primary amides is 1. The average Bonchev–Trinajstić information content (AvgIpc) is 3.31. The second kappa shape index (κ2) is 43.3. The smallest absolute Gasteiger partial charge is 0.312 e. The number of carbonyl (C=O) groups is 7. The highest BCUT2D eigenvalue weighted by Crippen LogP contribution is 2.11. The first kappa shape index (κ1) is 64.3. The van der Waals surface area contributed by atoms with Crippen LogP contribution in [0.5, 0.6) is 0 Å². The largest absolute Gasteiger partial charge is 0.379 e. The SMILES string of the molecule is CC(C)C(=O)C(CCCNC(N)=O)NC(=O)C(NC(=O)C(CCCCN)NC(=O)CCOCCOCCOCCNC(=O)CCOCCOCCOCCNC(=O)C(N)CCCCN=[N+]=[N-])C(C)C. The minimum absolute atomic E-state index is 0.0155. The molecule has 0 aliphatic rings. The monoisotopic (exact) mass is 989 g/mol. The highest BCUT2D eigenvalue weighted by atomic mass is 16.5. The molecule has 0 saturated carbocycles. The van der Waals surface area contributed by atoms with E-state index >= 15 is 0 Å². The van der Waals surface area contributed by atoms with Crippen LogP contribution >= 0.6 is 0 Å². The molecule has 0 aliphatic carbocycles. The summed E-state index contributed by atoms with van der Waals surface area (Å²) < 4.78 is 32.8. The Morgan fingerprint density at radius 3 is 1.61 bits per heavy atom. The van der Waals surface area contributed by atoms with Gasteiger partial charge in [0.1, 0.15) is 12.1 Å². The van der Waals surface area contributed by atoms with Crippen molar-refractivity contribution in [1.29, 1.82) is 0 Å². The number of unbranched alkanes of at least 4 members (excludes halogenated alkanes) is 2. The Morgan fingerprint density at radius 1 is 0.551 bits per heavy atom. The number of ketones is 1. The second-order valence-corrected chi connectivity index (χ2v) is 16.6. The van der Waals surface area contributed by atoms with Gasteiger partial charge in [0.25, 0.3) is 0 Å². The van der Waals surface area contributed by atoms with Crippen LogP contribution in [0.3, 0.4) is 0 Å². The highest BCUT2D eigenvalue weighted by Gasteiger charge is 2.32. The predicted octanol–water partition coefficient (Wildman–Crippen LogP) is -0.181. The van der Waals surface area contributed by atoms with E-state index in [-0.39, 0.29) is 81.7 Å². The van der Waals surface area contributed by atoms with Crippen molar-refractivity contribution < 1.29 is 62.0 Å². The number of urea groups is 1. The molecule has 0 aromatic rings. The number of rotatable bonds is 46. The van der Waals surface area contributed by atoms with Gasteiger partial charge in [-0.2, -0.15) is 0 Å².